The third-order valence-corrected chi connectivity index (χ3v) is 2.79. The Morgan fingerprint density at radius 1 is 1.40 bits per heavy atom. The zero-order valence-corrected chi connectivity index (χ0v) is 11.6. The van der Waals surface area contributed by atoms with Crippen LogP contribution in [0.25, 0.3) is 0 Å². The maximum Gasteiger partial charge on any atom is 0.337 e. The van der Waals surface area contributed by atoms with Crippen LogP contribution in [0.1, 0.15) is 23.2 Å². The first-order chi connectivity index (χ1) is 9.41. The van der Waals surface area contributed by atoms with Gasteiger partial charge in [0.25, 0.3) is 5.69 Å². The van der Waals surface area contributed by atoms with E-state index in [1.807, 2.05) is 14.1 Å². The first-order valence-electron chi connectivity index (χ1n) is 6.32. The predicted molar refractivity (Wildman–Crippen MR) is 76.3 cm³/mol. The maximum atomic E-state index is 11.1. The van der Waals surface area contributed by atoms with Gasteiger partial charge in [-0.1, -0.05) is 0 Å². The lowest BCUT2D eigenvalue weighted by Gasteiger charge is -2.11. The molecule has 2 N–H and O–H groups in total. The standard InChI is InChI=1S/C13H19N3O4/c1-15(2)8-4-3-7-14-12-9-10(16(19)20)5-6-11(12)13(17)18/h5-6,9,14H,3-4,7-8H2,1-2H3,(H,17,18). The van der Waals surface area contributed by atoms with Crippen LogP contribution in [0, 0.1) is 10.1 Å². The van der Waals surface area contributed by atoms with Crippen molar-refractivity contribution in [3.63, 3.8) is 0 Å². The Bertz CT molecular complexity index is 489. The molecule has 0 atom stereocenters. The van der Waals surface area contributed by atoms with Crippen molar-refractivity contribution in [3.8, 4) is 0 Å². The number of non-ortho nitro benzene ring substituents is 1. The summed E-state index contributed by atoms with van der Waals surface area (Å²) < 4.78 is 0. The lowest BCUT2D eigenvalue weighted by molar-refractivity contribution is -0.384. The lowest BCUT2D eigenvalue weighted by Crippen LogP contribution is -2.14. The van der Waals surface area contributed by atoms with E-state index in [-0.39, 0.29) is 16.9 Å². The van der Waals surface area contributed by atoms with Crippen molar-refractivity contribution < 1.29 is 14.8 Å². The molecule has 0 unspecified atom stereocenters. The van der Waals surface area contributed by atoms with Crippen molar-refractivity contribution in [1.82, 2.24) is 4.90 Å². The molecule has 7 nitrogen and oxygen atoms in total. The number of unbranched alkanes of at least 4 members (excludes halogenated alkanes) is 1. The number of hydrogen-bond acceptors (Lipinski definition) is 5. The largest absolute Gasteiger partial charge is 0.478 e. The summed E-state index contributed by atoms with van der Waals surface area (Å²) in [4.78, 5) is 23.3. The fourth-order valence-electron chi connectivity index (χ4n) is 1.75. The first kappa shape index (κ1) is 15.9. The topological polar surface area (TPSA) is 95.7 Å². The van der Waals surface area contributed by atoms with Gasteiger partial charge in [0.15, 0.2) is 0 Å². The predicted octanol–water partition coefficient (Wildman–Crippen LogP) is 2.05. The zero-order chi connectivity index (χ0) is 15.1. The smallest absolute Gasteiger partial charge is 0.337 e. The molecule has 110 valence electrons. The number of rotatable bonds is 8. The highest BCUT2D eigenvalue weighted by Crippen LogP contribution is 2.22. The number of carboxylic acids is 1. The molecule has 0 aliphatic carbocycles. The quantitative estimate of drug-likeness (QED) is 0.430. The monoisotopic (exact) mass is 281 g/mol. The highest BCUT2D eigenvalue weighted by molar-refractivity contribution is 5.94. The average Bonchev–Trinajstić information content (AvgIpc) is 2.37. The van der Waals surface area contributed by atoms with Gasteiger partial charge in [0.2, 0.25) is 0 Å². The number of hydrogen-bond donors (Lipinski definition) is 2. The van der Waals surface area contributed by atoms with Gasteiger partial charge in [-0.25, -0.2) is 4.79 Å². The van der Waals surface area contributed by atoms with Gasteiger partial charge in [-0.2, -0.15) is 0 Å². The van der Waals surface area contributed by atoms with E-state index in [1.165, 1.54) is 18.2 Å². The Morgan fingerprint density at radius 3 is 2.65 bits per heavy atom. The van der Waals surface area contributed by atoms with Crippen LogP contribution >= 0.6 is 0 Å². The molecule has 0 saturated carbocycles. The third-order valence-electron chi connectivity index (χ3n) is 2.79. The van der Waals surface area contributed by atoms with Crippen LogP contribution in [0.5, 0.6) is 0 Å². The van der Waals surface area contributed by atoms with E-state index >= 15 is 0 Å². The summed E-state index contributed by atoms with van der Waals surface area (Å²) in [5.74, 6) is -1.10. The van der Waals surface area contributed by atoms with Gasteiger partial charge in [-0.3, -0.25) is 10.1 Å². The van der Waals surface area contributed by atoms with Crippen LogP contribution < -0.4 is 5.32 Å². The molecule has 0 radical (unpaired) electrons. The second-order valence-corrected chi connectivity index (χ2v) is 4.73. The molecule has 1 rings (SSSR count). The summed E-state index contributed by atoms with van der Waals surface area (Å²) in [6.45, 7) is 1.53. The number of aromatic carboxylic acids is 1. The second kappa shape index (κ2) is 7.44. The van der Waals surface area contributed by atoms with Crippen LogP contribution in [-0.4, -0.2) is 48.1 Å². The Kier molecular flexibility index (Phi) is 5.92. The van der Waals surface area contributed by atoms with E-state index in [1.54, 1.807) is 0 Å². The molecule has 0 aliphatic rings. The van der Waals surface area contributed by atoms with Gasteiger partial charge < -0.3 is 15.3 Å². The Morgan fingerprint density at radius 2 is 2.10 bits per heavy atom. The fourth-order valence-corrected chi connectivity index (χ4v) is 1.75. The molecule has 0 bridgehead atoms. The van der Waals surface area contributed by atoms with Crippen LogP contribution in [0.3, 0.4) is 0 Å². The lowest BCUT2D eigenvalue weighted by atomic mass is 10.1. The van der Waals surface area contributed by atoms with E-state index in [4.69, 9.17) is 5.11 Å². The molecule has 0 aromatic heterocycles. The minimum atomic E-state index is -1.10. The van der Waals surface area contributed by atoms with Gasteiger partial charge in [0.05, 0.1) is 16.2 Å². The molecule has 1 aromatic carbocycles. The molecule has 0 aliphatic heterocycles. The van der Waals surface area contributed by atoms with E-state index in [0.29, 0.717) is 6.54 Å². The average molecular weight is 281 g/mol. The number of nitro groups is 1. The van der Waals surface area contributed by atoms with E-state index < -0.39 is 10.9 Å². The van der Waals surface area contributed by atoms with Gasteiger partial charge in [0.1, 0.15) is 0 Å². The number of carboxylic acid groups (broad SMARTS) is 1. The summed E-state index contributed by atoms with van der Waals surface area (Å²) in [6, 6.07) is 3.71. The molecule has 0 fully saturated rings. The van der Waals surface area contributed by atoms with Gasteiger partial charge in [0, 0.05) is 18.7 Å². The van der Waals surface area contributed by atoms with Gasteiger partial charge in [-0.15, -0.1) is 0 Å². The van der Waals surface area contributed by atoms with Crippen molar-refractivity contribution in [1.29, 1.82) is 0 Å². The molecule has 7 heteroatoms. The summed E-state index contributed by atoms with van der Waals surface area (Å²) in [5.41, 5.74) is 0.213. The van der Waals surface area contributed by atoms with Gasteiger partial charge >= 0.3 is 5.97 Å². The molecule has 0 heterocycles. The summed E-state index contributed by atoms with van der Waals surface area (Å²) in [5, 5.41) is 22.7. The summed E-state index contributed by atoms with van der Waals surface area (Å²) >= 11 is 0. The third kappa shape index (κ3) is 4.85. The number of anilines is 1. The molecule has 0 spiro atoms. The molecule has 0 amide bonds. The maximum absolute atomic E-state index is 11.1. The summed E-state index contributed by atoms with van der Waals surface area (Å²) in [7, 11) is 3.97. The zero-order valence-electron chi connectivity index (χ0n) is 11.6. The van der Waals surface area contributed by atoms with Crippen molar-refractivity contribution >= 4 is 17.3 Å². The second-order valence-electron chi connectivity index (χ2n) is 4.73. The van der Waals surface area contributed by atoms with Crippen molar-refractivity contribution in [2.45, 2.75) is 12.8 Å². The van der Waals surface area contributed by atoms with Gasteiger partial charge in [-0.05, 0) is 39.5 Å². The van der Waals surface area contributed by atoms with Crippen molar-refractivity contribution in [2.24, 2.45) is 0 Å². The molecule has 0 saturated heterocycles. The highest BCUT2D eigenvalue weighted by atomic mass is 16.6. The Labute approximate surface area is 117 Å². The van der Waals surface area contributed by atoms with Crippen LogP contribution in [0.15, 0.2) is 18.2 Å². The fraction of sp³-hybridized carbons (Fsp3) is 0.462. The molecule has 1 aromatic rings. The number of nitrogens with one attached hydrogen (secondary N) is 1. The summed E-state index contributed by atoms with van der Waals surface area (Å²) in [6.07, 6.45) is 1.83. The number of carbonyl (C=O) groups is 1. The number of nitro benzene ring substituents is 1. The molecular weight excluding hydrogens is 262 g/mol. The SMILES string of the molecule is CN(C)CCCCNc1cc([N+](=O)[O-])ccc1C(=O)O. The van der Waals surface area contributed by atoms with Crippen LogP contribution in [0.2, 0.25) is 0 Å². The normalized spacial score (nSPS) is 10.6. The minimum Gasteiger partial charge on any atom is -0.478 e. The molecule has 20 heavy (non-hydrogen) atoms. The van der Waals surface area contributed by atoms with Crippen molar-refractivity contribution in [3.05, 3.63) is 33.9 Å². The minimum absolute atomic E-state index is 0.0446. The Hall–Kier alpha value is -2.15. The van der Waals surface area contributed by atoms with E-state index in [2.05, 4.69) is 10.2 Å². The highest BCUT2D eigenvalue weighted by Gasteiger charge is 2.14. The van der Waals surface area contributed by atoms with Crippen LogP contribution in [-0.2, 0) is 0 Å². The Balaban J connectivity index is 2.68. The number of nitrogens with zero attached hydrogens (tertiary/aromatic N) is 2. The molecular formula is C13H19N3O4. The number of benzene rings is 1. The van der Waals surface area contributed by atoms with E-state index in [0.717, 1.165) is 19.4 Å². The first-order valence-corrected chi connectivity index (χ1v) is 6.32. The van der Waals surface area contributed by atoms with E-state index in [9.17, 15) is 14.9 Å². The van der Waals surface area contributed by atoms with Crippen LogP contribution in [0.4, 0.5) is 11.4 Å². The van der Waals surface area contributed by atoms with Crippen molar-refractivity contribution in [2.75, 3.05) is 32.5 Å².